The fourth-order valence-electron chi connectivity index (χ4n) is 2.52. The van der Waals surface area contributed by atoms with Crippen molar-refractivity contribution in [3.05, 3.63) is 22.8 Å². The summed E-state index contributed by atoms with van der Waals surface area (Å²) in [5, 5.41) is 12.0. The van der Waals surface area contributed by atoms with Gasteiger partial charge in [0.1, 0.15) is 0 Å². The maximum Gasteiger partial charge on any atom is 0.238 e. The number of hydrogen-bond acceptors (Lipinski definition) is 3. The van der Waals surface area contributed by atoms with Crippen LogP contribution in [0.2, 0.25) is 0 Å². The second-order valence-corrected chi connectivity index (χ2v) is 8.76. The number of halogens is 3. The third-order valence-electron chi connectivity index (χ3n) is 3.55. The van der Waals surface area contributed by atoms with Crippen LogP contribution in [0.25, 0.3) is 0 Å². The molecular weight excluding hydrogens is 609 g/mol. The summed E-state index contributed by atoms with van der Waals surface area (Å²) in [4.78, 5) is 14.4. The first-order valence-corrected chi connectivity index (χ1v) is 10.0. The maximum atomic E-state index is 12.2. The molecule has 7 heteroatoms. The molecule has 1 fully saturated rings. The lowest BCUT2D eigenvalue weighted by Crippen LogP contribution is -2.32. The fourth-order valence-corrected chi connectivity index (χ4v) is 6.37. The van der Waals surface area contributed by atoms with Crippen molar-refractivity contribution < 1.29 is 9.90 Å². The largest absolute Gasteiger partial charge is 0.396 e. The summed E-state index contributed by atoms with van der Waals surface area (Å²) in [6, 6.07) is 4.12. The monoisotopic (exact) mass is 626 g/mol. The van der Waals surface area contributed by atoms with Gasteiger partial charge in [-0.15, -0.1) is 0 Å². The second-order valence-electron chi connectivity index (χ2n) is 5.19. The summed E-state index contributed by atoms with van der Waals surface area (Å²) < 4.78 is 3.31. The van der Waals surface area contributed by atoms with Gasteiger partial charge in [0.25, 0.3) is 0 Å². The highest BCUT2D eigenvalue weighted by Gasteiger charge is 2.23. The van der Waals surface area contributed by atoms with E-state index in [1.807, 2.05) is 0 Å². The number of amides is 1. The molecule has 1 aromatic carbocycles. The Hall–Kier alpha value is 0.800. The van der Waals surface area contributed by atoms with E-state index in [0.29, 0.717) is 12.5 Å². The molecule has 4 nitrogen and oxygen atoms in total. The van der Waals surface area contributed by atoms with E-state index < -0.39 is 0 Å². The van der Waals surface area contributed by atoms with Crippen LogP contribution in [0, 0.1) is 16.6 Å². The number of likely N-dealkylation sites (tertiary alicyclic amines) is 1. The zero-order valence-electron chi connectivity index (χ0n) is 11.4. The molecule has 0 radical (unpaired) electrons. The topological polar surface area (TPSA) is 52.6 Å². The van der Waals surface area contributed by atoms with Gasteiger partial charge in [0, 0.05) is 23.9 Å². The molecule has 2 N–H and O–H groups in total. The normalized spacial score (nSPS) is 19.0. The van der Waals surface area contributed by atoms with Crippen LogP contribution in [0.5, 0.6) is 0 Å². The SMILES string of the molecule is O=C(CN1CCC(CCO)C1)Nc1c(I)cc(I)cc1I. The molecule has 1 atom stereocenters. The van der Waals surface area contributed by atoms with E-state index >= 15 is 0 Å². The zero-order chi connectivity index (χ0) is 15.4. The Morgan fingerprint density at radius 1 is 1.33 bits per heavy atom. The van der Waals surface area contributed by atoms with E-state index in [1.54, 1.807) is 0 Å². The summed E-state index contributed by atoms with van der Waals surface area (Å²) in [6.45, 7) is 2.53. The van der Waals surface area contributed by atoms with Crippen LogP contribution in [-0.2, 0) is 4.79 Å². The average molecular weight is 626 g/mol. The number of aliphatic hydroxyl groups excluding tert-OH is 1. The predicted molar refractivity (Wildman–Crippen MR) is 109 cm³/mol. The lowest BCUT2D eigenvalue weighted by molar-refractivity contribution is -0.117. The van der Waals surface area contributed by atoms with E-state index in [0.717, 1.165) is 38.8 Å². The van der Waals surface area contributed by atoms with Gasteiger partial charge in [-0.3, -0.25) is 9.69 Å². The summed E-state index contributed by atoms with van der Waals surface area (Å²) in [5.41, 5.74) is 0.910. The zero-order valence-corrected chi connectivity index (χ0v) is 17.9. The quantitative estimate of drug-likeness (QED) is 0.495. The molecule has 1 aliphatic rings. The Morgan fingerprint density at radius 3 is 2.62 bits per heavy atom. The van der Waals surface area contributed by atoms with Gasteiger partial charge in [-0.05, 0) is 105 Å². The molecule has 0 saturated carbocycles. The lowest BCUT2D eigenvalue weighted by Gasteiger charge is -2.16. The van der Waals surface area contributed by atoms with E-state index in [9.17, 15) is 4.79 Å². The van der Waals surface area contributed by atoms with Gasteiger partial charge in [-0.25, -0.2) is 0 Å². The van der Waals surface area contributed by atoms with Crippen molar-refractivity contribution in [2.24, 2.45) is 5.92 Å². The Morgan fingerprint density at radius 2 is 2.00 bits per heavy atom. The minimum atomic E-state index is 0.0386. The molecule has 0 aromatic heterocycles. The smallest absolute Gasteiger partial charge is 0.238 e. The standard InChI is InChI=1S/C14H17I3N2O2/c15-10-5-11(16)14(12(17)6-10)18-13(21)8-19-3-1-9(7-19)2-4-20/h5-6,9,20H,1-4,7-8H2,(H,18,21). The molecule has 0 bridgehead atoms. The van der Waals surface area contributed by atoms with Crippen LogP contribution in [-0.4, -0.2) is 42.2 Å². The second kappa shape index (κ2) is 8.60. The number of carbonyl (C=O) groups is 1. The van der Waals surface area contributed by atoms with Crippen molar-refractivity contribution in [3.63, 3.8) is 0 Å². The number of nitrogens with zero attached hydrogens (tertiary/aromatic N) is 1. The van der Waals surface area contributed by atoms with Crippen LogP contribution < -0.4 is 5.32 Å². The van der Waals surface area contributed by atoms with Crippen LogP contribution in [0.1, 0.15) is 12.8 Å². The van der Waals surface area contributed by atoms with Crippen molar-refractivity contribution in [2.75, 3.05) is 31.6 Å². The molecule has 1 aliphatic heterocycles. The highest BCUT2D eigenvalue weighted by molar-refractivity contribution is 14.1. The van der Waals surface area contributed by atoms with Crippen molar-refractivity contribution in [1.82, 2.24) is 4.90 Å². The Kier molecular flexibility index (Phi) is 7.43. The van der Waals surface area contributed by atoms with E-state index in [-0.39, 0.29) is 12.5 Å². The number of hydrogen-bond donors (Lipinski definition) is 2. The first-order chi connectivity index (χ1) is 9.99. The lowest BCUT2D eigenvalue weighted by atomic mass is 10.1. The molecule has 2 rings (SSSR count). The van der Waals surface area contributed by atoms with E-state index in [2.05, 4.69) is 90.1 Å². The van der Waals surface area contributed by atoms with E-state index in [1.165, 1.54) is 3.57 Å². The Labute approximate surface area is 165 Å². The minimum absolute atomic E-state index is 0.0386. The highest BCUT2D eigenvalue weighted by Crippen LogP contribution is 2.27. The first-order valence-electron chi connectivity index (χ1n) is 6.77. The molecule has 21 heavy (non-hydrogen) atoms. The third kappa shape index (κ3) is 5.43. The van der Waals surface area contributed by atoms with Crippen molar-refractivity contribution in [3.8, 4) is 0 Å². The Bertz CT molecular complexity index is 502. The Balaban J connectivity index is 1.91. The van der Waals surface area contributed by atoms with Gasteiger partial charge in [-0.2, -0.15) is 0 Å². The summed E-state index contributed by atoms with van der Waals surface area (Å²) in [7, 11) is 0. The molecule has 0 aliphatic carbocycles. The molecule has 1 heterocycles. The minimum Gasteiger partial charge on any atom is -0.396 e. The molecule has 1 aromatic rings. The maximum absolute atomic E-state index is 12.2. The van der Waals surface area contributed by atoms with Crippen molar-refractivity contribution in [1.29, 1.82) is 0 Å². The average Bonchev–Trinajstić information content (AvgIpc) is 2.81. The van der Waals surface area contributed by atoms with Crippen molar-refractivity contribution in [2.45, 2.75) is 12.8 Å². The van der Waals surface area contributed by atoms with Crippen LogP contribution in [0.4, 0.5) is 5.69 Å². The predicted octanol–water partition coefficient (Wildman–Crippen LogP) is 3.14. The van der Waals surface area contributed by atoms with Crippen LogP contribution >= 0.6 is 67.8 Å². The number of aliphatic hydroxyl groups is 1. The molecule has 1 amide bonds. The van der Waals surface area contributed by atoms with Crippen molar-refractivity contribution >= 4 is 79.4 Å². The third-order valence-corrected chi connectivity index (χ3v) is 5.87. The fraction of sp³-hybridized carbons (Fsp3) is 0.500. The van der Waals surface area contributed by atoms with Gasteiger partial charge in [-0.1, -0.05) is 0 Å². The number of benzene rings is 1. The van der Waals surface area contributed by atoms with Gasteiger partial charge in [0.2, 0.25) is 5.91 Å². The highest BCUT2D eigenvalue weighted by atomic mass is 127. The number of carbonyl (C=O) groups excluding carboxylic acids is 1. The number of anilines is 1. The van der Waals surface area contributed by atoms with Crippen LogP contribution in [0.3, 0.4) is 0 Å². The summed E-state index contributed by atoms with van der Waals surface area (Å²) >= 11 is 6.80. The van der Waals surface area contributed by atoms with Gasteiger partial charge < -0.3 is 10.4 Å². The molecule has 1 unspecified atom stereocenters. The van der Waals surface area contributed by atoms with E-state index in [4.69, 9.17) is 5.11 Å². The molecular formula is C14H17I3N2O2. The van der Waals surface area contributed by atoms with Gasteiger partial charge in [0.15, 0.2) is 0 Å². The first kappa shape index (κ1) is 18.1. The molecule has 0 spiro atoms. The van der Waals surface area contributed by atoms with Gasteiger partial charge >= 0.3 is 0 Å². The number of nitrogens with one attached hydrogen (secondary N) is 1. The van der Waals surface area contributed by atoms with Crippen LogP contribution in [0.15, 0.2) is 12.1 Å². The summed E-state index contributed by atoms with van der Waals surface area (Å²) in [6.07, 6.45) is 1.91. The molecule has 1 saturated heterocycles. The summed E-state index contributed by atoms with van der Waals surface area (Å²) in [5.74, 6) is 0.568. The van der Waals surface area contributed by atoms with Gasteiger partial charge in [0.05, 0.1) is 12.2 Å². The molecule has 116 valence electrons. The number of rotatable bonds is 5.